The lowest BCUT2D eigenvalue weighted by molar-refractivity contribution is -0.132. The van der Waals surface area contributed by atoms with E-state index >= 15 is 0 Å². The Bertz CT molecular complexity index is 456. The number of amides is 1. The number of hydrogen-bond donors (Lipinski definition) is 1. The first-order chi connectivity index (χ1) is 9.67. The summed E-state index contributed by atoms with van der Waals surface area (Å²) in [6.07, 6.45) is 0.686. The van der Waals surface area contributed by atoms with E-state index < -0.39 is 0 Å². The first-order valence-electron chi connectivity index (χ1n) is 7.09. The van der Waals surface area contributed by atoms with Crippen LogP contribution in [0.25, 0.3) is 0 Å². The number of anilines is 1. The van der Waals surface area contributed by atoms with Crippen LogP contribution in [0.15, 0.2) is 24.3 Å². The van der Waals surface area contributed by atoms with Crippen molar-refractivity contribution in [3.05, 3.63) is 24.3 Å². The Morgan fingerprint density at radius 1 is 1.30 bits per heavy atom. The lowest BCUT2D eigenvalue weighted by atomic mass is 10.2. The van der Waals surface area contributed by atoms with Gasteiger partial charge in [-0.2, -0.15) is 0 Å². The molecule has 1 heterocycles. The van der Waals surface area contributed by atoms with Crippen molar-refractivity contribution in [3.8, 4) is 5.75 Å². The summed E-state index contributed by atoms with van der Waals surface area (Å²) < 4.78 is 5.39. The Morgan fingerprint density at radius 3 is 2.55 bits per heavy atom. The number of hydrogen-bond acceptors (Lipinski definition) is 4. The summed E-state index contributed by atoms with van der Waals surface area (Å²) in [6.45, 7) is 4.98. The number of nitrogens with two attached hydrogens (primary N) is 1. The van der Waals surface area contributed by atoms with Crippen molar-refractivity contribution in [3.63, 3.8) is 0 Å². The Hall–Kier alpha value is -1.75. The number of rotatable bonds is 4. The normalized spacial score (nSPS) is 16.9. The van der Waals surface area contributed by atoms with Crippen LogP contribution in [0.5, 0.6) is 5.75 Å². The average Bonchev–Trinajstić information content (AvgIpc) is 2.53. The molecule has 1 aromatic carbocycles. The Labute approximate surface area is 120 Å². The topological polar surface area (TPSA) is 58.8 Å². The molecule has 1 aliphatic rings. The van der Waals surface area contributed by atoms with Crippen LogP contribution in [0.2, 0.25) is 0 Å². The van der Waals surface area contributed by atoms with Crippen LogP contribution in [-0.4, -0.2) is 50.1 Å². The molecule has 2 N–H and O–H groups in total. The van der Waals surface area contributed by atoms with E-state index in [1.54, 1.807) is 7.11 Å². The van der Waals surface area contributed by atoms with Gasteiger partial charge in [-0.05, 0) is 18.6 Å². The predicted molar refractivity (Wildman–Crippen MR) is 80.1 cm³/mol. The van der Waals surface area contributed by atoms with Crippen LogP contribution in [0.1, 0.15) is 13.3 Å². The van der Waals surface area contributed by atoms with Gasteiger partial charge in [-0.3, -0.25) is 4.79 Å². The largest absolute Gasteiger partial charge is 0.495 e. The van der Waals surface area contributed by atoms with Gasteiger partial charge in [0.25, 0.3) is 0 Å². The highest BCUT2D eigenvalue weighted by atomic mass is 16.5. The molecule has 1 atom stereocenters. The summed E-state index contributed by atoms with van der Waals surface area (Å²) in [4.78, 5) is 16.2. The van der Waals surface area contributed by atoms with E-state index in [1.165, 1.54) is 0 Å². The first-order valence-corrected chi connectivity index (χ1v) is 7.09. The molecular weight excluding hydrogens is 254 g/mol. The number of carbonyl (C=O) groups excluding carboxylic acids is 1. The minimum absolute atomic E-state index is 0.0622. The van der Waals surface area contributed by atoms with Crippen molar-refractivity contribution >= 4 is 11.6 Å². The van der Waals surface area contributed by atoms with Crippen molar-refractivity contribution < 1.29 is 9.53 Å². The molecule has 1 amide bonds. The van der Waals surface area contributed by atoms with Gasteiger partial charge >= 0.3 is 0 Å². The molecule has 0 bridgehead atoms. The molecule has 1 fully saturated rings. The number of benzene rings is 1. The van der Waals surface area contributed by atoms with Crippen molar-refractivity contribution in [2.24, 2.45) is 5.73 Å². The van der Waals surface area contributed by atoms with E-state index in [0.29, 0.717) is 19.5 Å². The van der Waals surface area contributed by atoms with E-state index in [2.05, 4.69) is 4.90 Å². The third-order valence-corrected chi connectivity index (χ3v) is 3.77. The lowest BCUT2D eigenvalue weighted by Gasteiger charge is -2.37. The van der Waals surface area contributed by atoms with Crippen LogP contribution in [0.3, 0.4) is 0 Å². The fourth-order valence-electron chi connectivity index (χ4n) is 2.47. The van der Waals surface area contributed by atoms with E-state index in [4.69, 9.17) is 10.5 Å². The highest BCUT2D eigenvalue weighted by Crippen LogP contribution is 2.28. The second kappa shape index (κ2) is 6.61. The summed E-state index contributed by atoms with van der Waals surface area (Å²) >= 11 is 0. The average molecular weight is 277 g/mol. The number of nitrogens with zero attached hydrogens (tertiary/aromatic N) is 2. The van der Waals surface area contributed by atoms with Gasteiger partial charge in [0, 0.05) is 26.2 Å². The van der Waals surface area contributed by atoms with Crippen molar-refractivity contribution in [1.29, 1.82) is 0 Å². The SMILES string of the molecule is CC[C@@H](N)C(=O)N1CCN(c2ccccc2OC)CC1. The minimum Gasteiger partial charge on any atom is -0.495 e. The highest BCUT2D eigenvalue weighted by molar-refractivity contribution is 5.81. The quantitative estimate of drug-likeness (QED) is 0.895. The number of para-hydroxylation sites is 2. The number of carbonyl (C=O) groups is 1. The number of methoxy groups -OCH3 is 1. The van der Waals surface area contributed by atoms with E-state index in [1.807, 2.05) is 36.1 Å². The van der Waals surface area contributed by atoms with E-state index in [9.17, 15) is 4.79 Å². The molecule has 0 radical (unpaired) electrons. The lowest BCUT2D eigenvalue weighted by Crippen LogP contribution is -2.53. The van der Waals surface area contributed by atoms with Gasteiger partial charge in [0.1, 0.15) is 5.75 Å². The van der Waals surface area contributed by atoms with Crippen LogP contribution in [0, 0.1) is 0 Å². The summed E-state index contributed by atoms with van der Waals surface area (Å²) in [7, 11) is 1.68. The molecule has 0 spiro atoms. The molecule has 0 aromatic heterocycles. The molecule has 1 aliphatic heterocycles. The van der Waals surface area contributed by atoms with Crippen molar-refractivity contribution in [2.75, 3.05) is 38.2 Å². The Kier molecular flexibility index (Phi) is 4.84. The van der Waals surface area contributed by atoms with Gasteiger partial charge in [0.15, 0.2) is 0 Å². The highest BCUT2D eigenvalue weighted by Gasteiger charge is 2.25. The zero-order chi connectivity index (χ0) is 14.5. The molecule has 20 heavy (non-hydrogen) atoms. The molecular formula is C15H23N3O2. The van der Waals surface area contributed by atoms with Gasteiger partial charge in [-0.25, -0.2) is 0 Å². The molecule has 5 nitrogen and oxygen atoms in total. The van der Waals surface area contributed by atoms with Gasteiger partial charge in [0.2, 0.25) is 5.91 Å². The summed E-state index contributed by atoms with van der Waals surface area (Å²) in [6, 6.07) is 7.60. The molecule has 1 saturated heterocycles. The maximum absolute atomic E-state index is 12.1. The van der Waals surface area contributed by atoms with E-state index in [0.717, 1.165) is 24.5 Å². The molecule has 0 aliphatic carbocycles. The van der Waals surface area contributed by atoms with Crippen LogP contribution in [-0.2, 0) is 4.79 Å². The standard InChI is InChI=1S/C15H23N3O2/c1-3-12(16)15(19)18-10-8-17(9-11-18)13-6-4-5-7-14(13)20-2/h4-7,12H,3,8-11,16H2,1-2H3/t12-/m1/s1. The Balaban J connectivity index is 1.99. The summed E-state index contributed by atoms with van der Waals surface area (Å²) in [5.74, 6) is 0.935. The maximum atomic E-state index is 12.1. The maximum Gasteiger partial charge on any atom is 0.239 e. The second-order valence-electron chi connectivity index (χ2n) is 5.00. The van der Waals surface area contributed by atoms with Gasteiger partial charge in [-0.15, -0.1) is 0 Å². The monoisotopic (exact) mass is 277 g/mol. The predicted octanol–water partition coefficient (Wildman–Crippen LogP) is 1.08. The third-order valence-electron chi connectivity index (χ3n) is 3.77. The summed E-state index contributed by atoms with van der Waals surface area (Å²) in [5.41, 5.74) is 6.90. The molecule has 5 heteroatoms. The smallest absolute Gasteiger partial charge is 0.239 e. The van der Waals surface area contributed by atoms with Gasteiger partial charge in [-0.1, -0.05) is 19.1 Å². The summed E-state index contributed by atoms with van der Waals surface area (Å²) in [5, 5.41) is 0. The van der Waals surface area contributed by atoms with Crippen LogP contribution in [0.4, 0.5) is 5.69 Å². The van der Waals surface area contributed by atoms with Crippen LogP contribution < -0.4 is 15.4 Å². The molecule has 0 unspecified atom stereocenters. The Morgan fingerprint density at radius 2 is 1.95 bits per heavy atom. The van der Waals surface area contributed by atoms with Gasteiger partial charge < -0.3 is 20.3 Å². The van der Waals surface area contributed by atoms with Crippen LogP contribution >= 0.6 is 0 Å². The fraction of sp³-hybridized carbons (Fsp3) is 0.533. The first kappa shape index (κ1) is 14.7. The molecule has 1 aromatic rings. The third kappa shape index (κ3) is 3.04. The number of piperazine rings is 1. The molecule has 0 saturated carbocycles. The number of ether oxygens (including phenoxy) is 1. The fourth-order valence-corrected chi connectivity index (χ4v) is 2.47. The minimum atomic E-state index is -0.368. The van der Waals surface area contributed by atoms with Crippen molar-refractivity contribution in [1.82, 2.24) is 4.90 Å². The van der Waals surface area contributed by atoms with Gasteiger partial charge in [0.05, 0.1) is 18.8 Å². The second-order valence-corrected chi connectivity index (χ2v) is 5.00. The van der Waals surface area contributed by atoms with Crippen molar-refractivity contribution in [2.45, 2.75) is 19.4 Å². The van der Waals surface area contributed by atoms with E-state index in [-0.39, 0.29) is 11.9 Å². The molecule has 2 rings (SSSR count). The zero-order valence-corrected chi connectivity index (χ0v) is 12.2. The zero-order valence-electron chi connectivity index (χ0n) is 12.2. The molecule has 110 valence electrons.